The Bertz CT molecular complexity index is 828. The van der Waals surface area contributed by atoms with E-state index in [2.05, 4.69) is 29.1 Å². The van der Waals surface area contributed by atoms with Gasteiger partial charge in [-0.15, -0.1) is 0 Å². The molecule has 0 atom stereocenters. The van der Waals surface area contributed by atoms with Crippen LogP contribution < -0.4 is 10.1 Å². The maximum Gasteiger partial charge on any atom is 0.145 e. The van der Waals surface area contributed by atoms with Crippen LogP contribution in [-0.4, -0.2) is 21.6 Å². The number of nitrogens with one attached hydrogen (secondary N) is 1. The van der Waals surface area contributed by atoms with Crippen molar-refractivity contribution in [1.82, 2.24) is 14.5 Å². The molecule has 0 aliphatic rings. The summed E-state index contributed by atoms with van der Waals surface area (Å²) < 4.78 is 7.32. The highest BCUT2D eigenvalue weighted by Crippen LogP contribution is 2.31. The van der Waals surface area contributed by atoms with Crippen molar-refractivity contribution >= 4 is 22.5 Å². The van der Waals surface area contributed by atoms with Crippen LogP contribution in [0.25, 0.3) is 11.0 Å². The molecular formula is C17H20N4O. The van der Waals surface area contributed by atoms with Crippen molar-refractivity contribution in [2.24, 2.45) is 7.05 Å². The number of aromatic nitrogens is 3. The Morgan fingerprint density at radius 3 is 2.41 bits per heavy atom. The molecule has 0 bridgehead atoms. The van der Waals surface area contributed by atoms with Crippen molar-refractivity contribution in [3.05, 3.63) is 41.3 Å². The van der Waals surface area contributed by atoms with Crippen molar-refractivity contribution in [3.63, 3.8) is 0 Å². The monoisotopic (exact) mass is 296 g/mol. The minimum absolute atomic E-state index is 0.751. The number of fused-ring (bicyclic) bond motifs is 1. The van der Waals surface area contributed by atoms with Crippen LogP contribution in [0.15, 0.2) is 24.4 Å². The van der Waals surface area contributed by atoms with Gasteiger partial charge in [-0.2, -0.15) is 0 Å². The van der Waals surface area contributed by atoms with Gasteiger partial charge in [0.1, 0.15) is 23.0 Å². The summed E-state index contributed by atoms with van der Waals surface area (Å²) in [6.07, 6.45) is 2.00. The first kappa shape index (κ1) is 14.4. The molecule has 0 spiro atoms. The Morgan fingerprint density at radius 2 is 1.77 bits per heavy atom. The molecule has 0 saturated carbocycles. The fourth-order valence-electron chi connectivity index (χ4n) is 2.70. The van der Waals surface area contributed by atoms with Crippen LogP contribution in [0.3, 0.4) is 0 Å². The summed E-state index contributed by atoms with van der Waals surface area (Å²) in [5.74, 6) is 2.45. The lowest BCUT2D eigenvalue weighted by Crippen LogP contribution is -2.02. The third-order valence-electron chi connectivity index (χ3n) is 3.82. The van der Waals surface area contributed by atoms with E-state index < -0.39 is 0 Å². The summed E-state index contributed by atoms with van der Waals surface area (Å²) >= 11 is 0. The predicted octanol–water partition coefficient (Wildman–Crippen LogP) is 3.65. The van der Waals surface area contributed by atoms with Crippen LogP contribution in [0.4, 0.5) is 11.5 Å². The SMILES string of the molecule is COc1cc(C)c(Nc2nc(C)nc3c2ccn3C)c(C)c1. The molecule has 3 rings (SSSR count). The molecule has 0 saturated heterocycles. The molecule has 5 nitrogen and oxygen atoms in total. The van der Waals surface area contributed by atoms with Gasteiger partial charge in [0.25, 0.3) is 0 Å². The highest BCUT2D eigenvalue weighted by atomic mass is 16.5. The normalized spacial score (nSPS) is 11.0. The lowest BCUT2D eigenvalue weighted by Gasteiger charge is -2.15. The third kappa shape index (κ3) is 2.39. The van der Waals surface area contributed by atoms with E-state index >= 15 is 0 Å². The second kappa shape index (κ2) is 5.33. The molecule has 1 N–H and O–H groups in total. The average molecular weight is 296 g/mol. The van der Waals surface area contributed by atoms with Crippen molar-refractivity contribution in [1.29, 1.82) is 0 Å². The number of benzene rings is 1. The highest BCUT2D eigenvalue weighted by Gasteiger charge is 2.12. The minimum atomic E-state index is 0.751. The molecule has 22 heavy (non-hydrogen) atoms. The summed E-state index contributed by atoms with van der Waals surface area (Å²) in [4.78, 5) is 9.07. The van der Waals surface area contributed by atoms with Crippen LogP contribution in [-0.2, 0) is 7.05 Å². The molecule has 0 aliphatic carbocycles. The Kier molecular flexibility index (Phi) is 3.48. The molecule has 0 radical (unpaired) electrons. The minimum Gasteiger partial charge on any atom is -0.497 e. The first-order chi connectivity index (χ1) is 10.5. The molecule has 5 heteroatoms. The standard InChI is InChI=1S/C17H20N4O/c1-10-8-13(22-5)9-11(2)15(10)20-16-14-6-7-21(4)17(14)19-12(3)18-16/h6-9H,1-5H3,(H,18,19,20). The number of hydrogen-bond donors (Lipinski definition) is 1. The summed E-state index contributed by atoms with van der Waals surface area (Å²) in [7, 11) is 3.67. The number of nitrogens with zero attached hydrogens (tertiary/aromatic N) is 3. The highest BCUT2D eigenvalue weighted by molar-refractivity contribution is 5.90. The number of hydrogen-bond acceptors (Lipinski definition) is 4. The summed E-state index contributed by atoms with van der Waals surface area (Å²) in [6, 6.07) is 6.07. The van der Waals surface area contributed by atoms with Crippen LogP contribution in [0.1, 0.15) is 17.0 Å². The fourth-order valence-corrected chi connectivity index (χ4v) is 2.70. The van der Waals surface area contributed by atoms with Gasteiger partial charge in [-0.25, -0.2) is 9.97 Å². The van der Waals surface area contributed by atoms with E-state index in [1.807, 2.05) is 42.9 Å². The predicted molar refractivity (Wildman–Crippen MR) is 89.0 cm³/mol. The fraction of sp³-hybridized carbons (Fsp3) is 0.294. The van der Waals surface area contributed by atoms with Crippen molar-refractivity contribution in [2.75, 3.05) is 12.4 Å². The zero-order chi connectivity index (χ0) is 15.9. The molecule has 2 aromatic heterocycles. The molecule has 114 valence electrons. The Hall–Kier alpha value is -2.56. The topological polar surface area (TPSA) is 52.0 Å². The Morgan fingerprint density at radius 1 is 1.09 bits per heavy atom. The first-order valence-electron chi connectivity index (χ1n) is 7.21. The van der Waals surface area contributed by atoms with Gasteiger partial charge < -0.3 is 14.6 Å². The second-order valence-electron chi connectivity index (χ2n) is 5.54. The van der Waals surface area contributed by atoms with E-state index in [1.54, 1.807) is 7.11 Å². The summed E-state index contributed by atoms with van der Waals surface area (Å²) in [6.45, 7) is 6.04. The van der Waals surface area contributed by atoms with E-state index in [-0.39, 0.29) is 0 Å². The van der Waals surface area contributed by atoms with E-state index in [0.717, 1.165) is 45.2 Å². The van der Waals surface area contributed by atoms with Gasteiger partial charge in [-0.1, -0.05) is 0 Å². The smallest absolute Gasteiger partial charge is 0.145 e. The van der Waals surface area contributed by atoms with Crippen LogP contribution in [0.2, 0.25) is 0 Å². The largest absolute Gasteiger partial charge is 0.497 e. The molecule has 2 heterocycles. The molecule has 1 aromatic carbocycles. The van der Waals surface area contributed by atoms with Gasteiger partial charge in [0.05, 0.1) is 12.5 Å². The van der Waals surface area contributed by atoms with Gasteiger partial charge in [0.15, 0.2) is 0 Å². The van der Waals surface area contributed by atoms with Gasteiger partial charge in [-0.05, 0) is 50.1 Å². The first-order valence-corrected chi connectivity index (χ1v) is 7.21. The number of methoxy groups -OCH3 is 1. The zero-order valence-corrected chi connectivity index (χ0v) is 13.6. The lowest BCUT2D eigenvalue weighted by atomic mass is 10.1. The zero-order valence-electron chi connectivity index (χ0n) is 13.6. The number of ether oxygens (including phenoxy) is 1. The molecular weight excluding hydrogens is 276 g/mol. The van der Waals surface area contributed by atoms with E-state index in [4.69, 9.17) is 4.74 Å². The van der Waals surface area contributed by atoms with Crippen molar-refractivity contribution in [3.8, 4) is 5.75 Å². The average Bonchev–Trinajstić information content (AvgIpc) is 2.84. The Balaban J connectivity index is 2.11. The van der Waals surface area contributed by atoms with Gasteiger partial charge >= 0.3 is 0 Å². The van der Waals surface area contributed by atoms with Gasteiger partial charge in [-0.3, -0.25) is 0 Å². The molecule has 0 unspecified atom stereocenters. The van der Waals surface area contributed by atoms with Gasteiger partial charge in [0.2, 0.25) is 0 Å². The van der Waals surface area contributed by atoms with Gasteiger partial charge in [0, 0.05) is 18.9 Å². The maximum absolute atomic E-state index is 5.32. The summed E-state index contributed by atoms with van der Waals surface area (Å²) in [5.41, 5.74) is 4.23. The lowest BCUT2D eigenvalue weighted by molar-refractivity contribution is 0.414. The van der Waals surface area contributed by atoms with Crippen molar-refractivity contribution < 1.29 is 4.74 Å². The number of rotatable bonds is 3. The quantitative estimate of drug-likeness (QED) is 0.801. The number of aryl methyl sites for hydroxylation is 4. The third-order valence-corrected chi connectivity index (χ3v) is 3.82. The van der Waals surface area contributed by atoms with E-state index in [0.29, 0.717) is 0 Å². The van der Waals surface area contributed by atoms with Crippen LogP contribution in [0.5, 0.6) is 5.75 Å². The molecule has 3 aromatic rings. The molecule has 0 aliphatic heterocycles. The van der Waals surface area contributed by atoms with Crippen molar-refractivity contribution in [2.45, 2.75) is 20.8 Å². The number of anilines is 2. The van der Waals surface area contributed by atoms with Crippen LogP contribution >= 0.6 is 0 Å². The van der Waals surface area contributed by atoms with E-state index in [9.17, 15) is 0 Å². The molecule has 0 fully saturated rings. The molecule has 0 amide bonds. The Labute approximate surface area is 130 Å². The van der Waals surface area contributed by atoms with Crippen LogP contribution in [0, 0.1) is 20.8 Å². The summed E-state index contributed by atoms with van der Waals surface area (Å²) in [5, 5.41) is 4.49. The van der Waals surface area contributed by atoms with E-state index in [1.165, 1.54) is 0 Å². The second-order valence-corrected chi connectivity index (χ2v) is 5.54. The maximum atomic E-state index is 5.32.